The van der Waals surface area contributed by atoms with Crippen LogP contribution in [0.3, 0.4) is 0 Å². The second kappa shape index (κ2) is 8.11. The number of benzene rings is 2. The van der Waals surface area contributed by atoms with Gasteiger partial charge in [-0.2, -0.15) is 9.36 Å². The molecule has 10 heteroatoms. The minimum absolute atomic E-state index is 0.116. The van der Waals surface area contributed by atoms with Gasteiger partial charge in [-0.3, -0.25) is 0 Å². The Morgan fingerprint density at radius 2 is 1.63 bits per heavy atom. The van der Waals surface area contributed by atoms with E-state index >= 15 is 0 Å². The molecule has 0 bridgehead atoms. The monoisotopic (exact) mass is 408 g/mol. The third-order valence-electron chi connectivity index (χ3n) is 4.54. The average molecular weight is 408 g/mol. The molecule has 2 aromatic heterocycles. The summed E-state index contributed by atoms with van der Waals surface area (Å²) in [7, 11) is 4.70. The second-order valence-electron chi connectivity index (χ2n) is 6.31. The van der Waals surface area contributed by atoms with E-state index in [1.807, 2.05) is 24.3 Å². The van der Waals surface area contributed by atoms with Gasteiger partial charge in [0.05, 0.1) is 25.5 Å². The lowest BCUT2D eigenvalue weighted by atomic mass is 10.1. The highest BCUT2D eigenvalue weighted by Gasteiger charge is 2.16. The fraction of sp³-hybridized carbons (Fsp3) is 0.200. The van der Waals surface area contributed by atoms with E-state index in [0.717, 1.165) is 10.4 Å². The summed E-state index contributed by atoms with van der Waals surface area (Å²) < 4.78 is 20.8. The van der Waals surface area contributed by atoms with Gasteiger partial charge in [0, 0.05) is 19.3 Å². The molecule has 0 atom stereocenters. The van der Waals surface area contributed by atoms with Crippen molar-refractivity contribution in [3.63, 3.8) is 0 Å². The SMILES string of the molecule is COc1ccccc1-n1ccc(OCc2c(OC)cccc2-n2nnn(C)c2=O)n1. The summed E-state index contributed by atoms with van der Waals surface area (Å²) in [5.41, 5.74) is 1.59. The van der Waals surface area contributed by atoms with Gasteiger partial charge in [0.15, 0.2) is 0 Å². The van der Waals surface area contributed by atoms with Crippen LogP contribution in [0.1, 0.15) is 5.56 Å². The predicted molar refractivity (Wildman–Crippen MR) is 108 cm³/mol. The first kappa shape index (κ1) is 19.2. The zero-order chi connectivity index (χ0) is 21.1. The van der Waals surface area contributed by atoms with Crippen LogP contribution in [0.15, 0.2) is 59.5 Å². The molecule has 10 nitrogen and oxygen atoms in total. The van der Waals surface area contributed by atoms with Crippen LogP contribution in [-0.4, -0.2) is 43.8 Å². The van der Waals surface area contributed by atoms with Gasteiger partial charge in [0.25, 0.3) is 0 Å². The van der Waals surface area contributed by atoms with Crippen LogP contribution in [0, 0.1) is 0 Å². The van der Waals surface area contributed by atoms with E-state index in [1.165, 1.54) is 11.7 Å². The highest BCUT2D eigenvalue weighted by Crippen LogP contribution is 2.27. The molecule has 0 amide bonds. The molecule has 30 heavy (non-hydrogen) atoms. The van der Waals surface area contributed by atoms with Gasteiger partial charge >= 0.3 is 5.69 Å². The summed E-state index contributed by atoms with van der Waals surface area (Å²) in [6, 6.07) is 14.6. The van der Waals surface area contributed by atoms with Crippen LogP contribution >= 0.6 is 0 Å². The number of methoxy groups -OCH3 is 2. The number of hydrogen-bond donors (Lipinski definition) is 0. The lowest BCUT2D eigenvalue weighted by molar-refractivity contribution is 0.283. The summed E-state index contributed by atoms with van der Waals surface area (Å²) in [6.07, 6.45) is 1.78. The smallest absolute Gasteiger partial charge is 0.368 e. The Morgan fingerprint density at radius 3 is 2.37 bits per heavy atom. The number of nitrogens with zero attached hydrogens (tertiary/aromatic N) is 6. The maximum atomic E-state index is 12.3. The van der Waals surface area contributed by atoms with Gasteiger partial charge in [-0.15, -0.1) is 5.10 Å². The first-order valence-corrected chi connectivity index (χ1v) is 9.09. The zero-order valence-corrected chi connectivity index (χ0v) is 16.7. The molecule has 0 saturated heterocycles. The predicted octanol–water partition coefficient (Wildman–Crippen LogP) is 1.75. The van der Waals surface area contributed by atoms with Crippen molar-refractivity contribution in [1.82, 2.24) is 29.6 Å². The number of tetrazole rings is 1. The van der Waals surface area contributed by atoms with E-state index in [-0.39, 0.29) is 12.3 Å². The van der Waals surface area contributed by atoms with E-state index in [0.29, 0.717) is 28.6 Å². The van der Waals surface area contributed by atoms with Crippen LogP contribution in [-0.2, 0) is 13.7 Å². The Balaban J connectivity index is 1.63. The van der Waals surface area contributed by atoms with Gasteiger partial charge in [-0.1, -0.05) is 18.2 Å². The molecule has 0 unspecified atom stereocenters. The van der Waals surface area contributed by atoms with Gasteiger partial charge in [-0.05, 0) is 34.7 Å². The minimum Gasteiger partial charge on any atom is -0.496 e. The molecule has 0 radical (unpaired) electrons. The van der Waals surface area contributed by atoms with Gasteiger partial charge < -0.3 is 14.2 Å². The number of hydrogen-bond acceptors (Lipinski definition) is 7. The third-order valence-corrected chi connectivity index (χ3v) is 4.54. The van der Waals surface area contributed by atoms with Crippen molar-refractivity contribution in [1.29, 1.82) is 0 Å². The molecule has 0 fully saturated rings. The van der Waals surface area contributed by atoms with Crippen LogP contribution < -0.4 is 19.9 Å². The summed E-state index contributed by atoms with van der Waals surface area (Å²) in [5, 5.41) is 12.1. The molecule has 4 aromatic rings. The van der Waals surface area contributed by atoms with Crippen molar-refractivity contribution in [2.75, 3.05) is 14.2 Å². The Hall–Kier alpha value is -4.08. The molecule has 154 valence electrons. The lowest BCUT2D eigenvalue weighted by Gasteiger charge is -2.13. The molecule has 0 aliphatic heterocycles. The highest BCUT2D eigenvalue weighted by molar-refractivity contribution is 5.49. The normalized spacial score (nSPS) is 10.8. The molecule has 0 N–H and O–H groups in total. The summed E-state index contributed by atoms with van der Waals surface area (Å²) >= 11 is 0. The number of para-hydroxylation sites is 2. The number of aromatic nitrogens is 6. The maximum absolute atomic E-state index is 12.3. The Bertz CT molecular complexity index is 1230. The zero-order valence-electron chi connectivity index (χ0n) is 16.7. The standard InChI is InChI=1S/C20H20N6O4/c1-24-20(27)26(23-22-24)15-8-6-10-17(28-2)14(15)13-30-19-11-12-25(21-19)16-7-4-5-9-18(16)29-3/h4-12H,13H2,1-3H3. The van der Waals surface area contributed by atoms with Crippen LogP contribution in [0.4, 0.5) is 0 Å². The number of ether oxygens (including phenoxy) is 3. The van der Waals surface area contributed by atoms with Gasteiger partial charge in [0.2, 0.25) is 5.88 Å². The lowest BCUT2D eigenvalue weighted by Crippen LogP contribution is -2.23. The molecule has 0 spiro atoms. The van der Waals surface area contributed by atoms with Crippen molar-refractivity contribution in [2.24, 2.45) is 7.05 Å². The molecular weight excluding hydrogens is 388 g/mol. The fourth-order valence-corrected chi connectivity index (χ4v) is 3.04. The quantitative estimate of drug-likeness (QED) is 0.459. The largest absolute Gasteiger partial charge is 0.496 e. The first-order chi connectivity index (χ1) is 14.6. The molecule has 4 rings (SSSR count). The third kappa shape index (κ3) is 3.50. The van der Waals surface area contributed by atoms with Crippen molar-refractivity contribution in [2.45, 2.75) is 6.61 Å². The first-order valence-electron chi connectivity index (χ1n) is 9.09. The number of aryl methyl sites for hydroxylation is 1. The molecule has 0 aliphatic carbocycles. The van der Waals surface area contributed by atoms with Gasteiger partial charge in [0.1, 0.15) is 23.8 Å². The van der Waals surface area contributed by atoms with E-state index in [2.05, 4.69) is 15.5 Å². The molecule has 0 aliphatic rings. The summed E-state index contributed by atoms with van der Waals surface area (Å²) in [5.74, 6) is 1.67. The summed E-state index contributed by atoms with van der Waals surface area (Å²) in [4.78, 5) is 12.3. The van der Waals surface area contributed by atoms with E-state index in [1.54, 1.807) is 49.4 Å². The van der Waals surface area contributed by atoms with Crippen LogP contribution in [0.2, 0.25) is 0 Å². The van der Waals surface area contributed by atoms with Gasteiger partial charge in [-0.25, -0.2) is 9.48 Å². The van der Waals surface area contributed by atoms with Crippen LogP contribution in [0.25, 0.3) is 11.4 Å². The van der Waals surface area contributed by atoms with E-state index in [9.17, 15) is 4.79 Å². The summed E-state index contributed by atoms with van der Waals surface area (Å²) in [6.45, 7) is 0.116. The number of rotatable bonds is 7. The highest BCUT2D eigenvalue weighted by atomic mass is 16.5. The van der Waals surface area contributed by atoms with Crippen molar-refractivity contribution >= 4 is 0 Å². The van der Waals surface area contributed by atoms with E-state index in [4.69, 9.17) is 14.2 Å². The molecular formula is C20H20N6O4. The van der Waals surface area contributed by atoms with Crippen molar-refractivity contribution < 1.29 is 14.2 Å². The Kier molecular flexibility index (Phi) is 5.21. The Morgan fingerprint density at radius 1 is 0.900 bits per heavy atom. The molecule has 0 saturated carbocycles. The molecule has 2 heterocycles. The minimum atomic E-state index is -0.370. The van der Waals surface area contributed by atoms with Crippen molar-refractivity contribution in [3.05, 3.63) is 70.8 Å². The van der Waals surface area contributed by atoms with Crippen molar-refractivity contribution in [3.8, 4) is 28.8 Å². The average Bonchev–Trinajstić information content (AvgIpc) is 3.38. The second-order valence-corrected chi connectivity index (χ2v) is 6.31. The van der Waals surface area contributed by atoms with Crippen LogP contribution in [0.5, 0.6) is 17.4 Å². The topological polar surface area (TPSA) is 98.2 Å². The molecule has 2 aromatic carbocycles. The van der Waals surface area contributed by atoms with E-state index < -0.39 is 0 Å². The Labute approximate surface area is 171 Å². The fourth-order valence-electron chi connectivity index (χ4n) is 3.04. The maximum Gasteiger partial charge on any atom is 0.368 e.